The molecule has 1 N–H and O–H groups in total. The molecule has 0 saturated heterocycles. The first-order valence-electron chi connectivity index (χ1n) is 5.49. The normalized spacial score (nSPS) is 11.8. The molecular formula is C13H20OS2. The summed E-state index contributed by atoms with van der Waals surface area (Å²) in [6, 6.07) is 6.30. The molecule has 0 atom stereocenters. The number of aliphatic hydroxyl groups is 1. The van der Waals surface area contributed by atoms with Crippen LogP contribution in [-0.2, 0) is 6.42 Å². The van der Waals surface area contributed by atoms with Crippen LogP contribution in [-0.4, -0.2) is 16.5 Å². The molecule has 1 rings (SSSR count). The second-order valence-corrected chi connectivity index (χ2v) is 7.78. The smallest absolute Gasteiger partial charge is 0.0471 e. The minimum Gasteiger partial charge on any atom is -0.396 e. The van der Waals surface area contributed by atoms with Crippen molar-refractivity contribution in [1.82, 2.24) is 0 Å². The number of hydrogen-bond acceptors (Lipinski definition) is 3. The van der Waals surface area contributed by atoms with E-state index in [1.54, 1.807) is 0 Å². The van der Waals surface area contributed by atoms with E-state index in [0.717, 1.165) is 6.42 Å². The third-order valence-corrected chi connectivity index (χ3v) is 5.63. The number of benzene rings is 1. The Bertz CT molecular complexity index is 342. The number of aryl methyl sites for hydroxylation is 1. The van der Waals surface area contributed by atoms with Crippen LogP contribution >= 0.6 is 21.6 Å². The van der Waals surface area contributed by atoms with Crippen molar-refractivity contribution in [2.45, 2.75) is 43.8 Å². The van der Waals surface area contributed by atoms with Crippen LogP contribution in [0.1, 0.15) is 31.9 Å². The highest BCUT2D eigenvalue weighted by molar-refractivity contribution is 8.77. The Kier molecular flexibility index (Phi) is 5.22. The lowest BCUT2D eigenvalue weighted by atomic mass is 10.1. The van der Waals surface area contributed by atoms with E-state index in [4.69, 9.17) is 5.11 Å². The van der Waals surface area contributed by atoms with Gasteiger partial charge in [0.2, 0.25) is 0 Å². The zero-order valence-corrected chi connectivity index (χ0v) is 12.0. The fraction of sp³-hybridized carbons (Fsp3) is 0.538. The van der Waals surface area contributed by atoms with Crippen LogP contribution < -0.4 is 0 Å². The Balaban J connectivity index is 2.84. The van der Waals surface area contributed by atoms with E-state index in [9.17, 15) is 0 Å². The summed E-state index contributed by atoms with van der Waals surface area (Å²) in [5.41, 5.74) is 2.55. The maximum atomic E-state index is 9.05. The van der Waals surface area contributed by atoms with Gasteiger partial charge in [-0.05, 0) is 24.5 Å². The topological polar surface area (TPSA) is 20.2 Å². The van der Waals surface area contributed by atoms with Crippen molar-refractivity contribution < 1.29 is 5.11 Å². The summed E-state index contributed by atoms with van der Waals surface area (Å²) in [6.45, 7) is 9.00. The predicted octanol–water partition coefficient (Wildman–Crippen LogP) is 4.07. The molecule has 90 valence electrons. The van der Waals surface area contributed by atoms with Gasteiger partial charge in [0.15, 0.2) is 0 Å². The van der Waals surface area contributed by atoms with Crippen molar-refractivity contribution in [3.05, 3.63) is 29.3 Å². The first-order chi connectivity index (χ1) is 7.44. The lowest BCUT2D eigenvalue weighted by molar-refractivity contribution is 0.299. The Hall–Kier alpha value is -0.120. The lowest BCUT2D eigenvalue weighted by Crippen LogP contribution is -2.05. The fourth-order valence-corrected chi connectivity index (χ4v) is 3.84. The molecule has 1 aromatic rings. The average molecular weight is 256 g/mol. The molecule has 0 fully saturated rings. The molecule has 0 unspecified atom stereocenters. The summed E-state index contributed by atoms with van der Waals surface area (Å²) in [6.07, 6.45) is 0.745. The molecule has 0 heterocycles. The Morgan fingerprint density at radius 1 is 1.25 bits per heavy atom. The number of aliphatic hydroxyl groups excluding tert-OH is 1. The maximum absolute atomic E-state index is 9.05. The summed E-state index contributed by atoms with van der Waals surface area (Å²) in [5, 5.41) is 9.05. The Morgan fingerprint density at radius 2 is 1.94 bits per heavy atom. The first kappa shape index (κ1) is 13.9. The molecule has 0 spiro atoms. The lowest BCUT2D eigenvalue weighted by Gasteiger charge is -2.18. The zero-order chi connectivity index (χ0) is 12.2. The maximum Gasteiger partial charge on any atom is 0.0471 e. The molecule has 0 aliphatic carbocycles. The quantitative estimate of drug-likeness (QED) is 0.820. The summed E-state index contributed by atoms with van der Waals surface area (Å²) in [4.78, 5) is 1.32. The molecule has 0 aliphatic rings. The molecule has 0 saturated carbocycles. The van der Waals surface area contributed by atoms with Gasteiger partial charge in [0.25, 0.3) is 0 Å². The molecule has 3 heteroatoms. The summed E-state index contributed by atoms with van der Waals surface area (Å²) in [5.74, 6) is 0. The minimum absolute atomic E-state index is 0.219. The van der Waals surface area contributed by atoms with Crippen LogP contribution in [0.2, 0.25) is 0 Å². The third kappa shape index (κ3) is 4.40. The van der Waals surface area contributed by atoms with Gasteiger partial charge in [-0.1, -0.05) is 60.6 Å². The standard InChI is InChI=1S/C13H20OS2/c1-10-6-5-7-11(8-9-14)12(10)15-16-13(2,3)4/h5-7,14H,8-9H2,1-4H3. The van der Waals surface area contributed by atoms with Gasteiger partial charge in [-0.2, -0.15) is 0 Å². The second-order valence-electron chi connectivity index (χ2n) is 4.82. The van der Waals surface area contributed by atoms with Gasteiger partial charge in [-0.25, -0.2) is 0 Å². The van der Waals surface area contributed by atoms with Crippen LogP contribution in [0, 0.1) is 6.92 Å². The third-order valence-electron chi connectivity index (χ3n) is 2.05. The fourth-order valence-electron chi connectivity index (χ4n) is 1.32. The summed E-state index contributed by atoms with van der Waals surface area (Å²) >= 11 is 0. The Morgan fingerprint density at radius 3 is 2.50 bits per heavy atom. The van der Waals surface area contributed by atoms with Gasteiger partial charge in [0.05, 0.1) is 0 Å². The van der Waals surface area contributed by atoms with Crippen molar-refractivity contribution in [2.24, 2.45) is 0 Å². The highest BCUT2D eigenvalue weighted by Gasteiger charge is 2.14. The molecular weight excluding hydrogens is 236 g/mol. The van der Waals surface area contributed by atoms with Crippen LogP contribution in [0.15, 0.2) is 23.1 Å². The van der Waals surface area contributed by atoms with Gasteiger partial charge in [0.1, 0.15) is 0 Å². The Labute approximate surface area is 106 Å². The highest BCUT2D eigenvalue weighted by atomic mass is 33.1. The molecule has 0 radical (unpaired) electrons. The molecule has 0 amide bonds. The summed E-state index contributed by atoms with van der Waals surface area (Å²) in [7, 11) is 3.70. The van der Waals surface area contributed by atoms with Crippen molar-refractivity contribution in [1.29, 1.82) is 0 Å². The monoisotopic (exact) mass is 256 g/mol. The van der Waals surface area contributed by atoms with E-state index in [1.807, 2.05) is 21.6 Å². The molecule has 0 bridgehead atoms. The van der Waals surface area contributed by atoms with Crippen molar-refractivity contribution in [3.63, 3.8) is 0 Å². The van der Waals surface area contributed by atoms with Crippen LogP contribution in [0.5, 0.6) is 0 Å². The molecule has 16 heavy (non-hydrogen) atoms. The van der Waals surface area contributed by atoms with E-state index >= 15 is 0 Å². The average Bonchev–Trinajstić information content (AvgIpc) is 2.15. The molecule has 1 aromatic carbocycles. The van der Waals surface area contributed by atoms with Gasteiger partial charge in [-0.3, -0.25) is 0 Å². The van der Waals surface area contributed by atoms with Gasteiger partial charge in [0, 0.05) is 16.2 Å². The van der Waals surface area contributed by atoms with E-state index in [-0.39, 0.29) is 11.4 Å². The SMILES string of the molecule is Cc1cccc(CCO)c1SSC(C)(C)C. The van der Waals surface area contributed by atoms with Gasteiger partial charge >= 0.3 is 0 Å². The van der Waals surface area contributed by atoms with Gasteiger partial charge < -0.3 is 5.11 Å². The van der Waals surface area contributed by atoms with E-state index in [0.29, 0.717) is 0 Å². The molecule has 0 aliphatic heterocycles. The first-order valence-corrected chi connectivity index (χ1v) is 7.64. The van der Waals surface area contributed by atoms with Crippen molar-refractivity contribution in [3.8, 4) is 0 Å². The molecule has 1 nitrogen and oxygen atoms in total. The van der Waals surface area contributed by atoms with Crippen molar-refractivity contribution >= 4 is 21.6 Å². The zero-order valence-electron chi connectivity index (χ0n) is 10.4. The van der Waals surface area contributed by atoms with Crippen LogP contribution in [0.3, 0.4) is 0 Å². The van der Waals surface area contributed by atoms with Crippen LogP contribution in [0.4, 0.5) is 0 Å². The second kappa shape index (κ2) is 5.99. The van der Waals surface area contributed by atoms with Crippen molar-refractivity contribution in [2.75, 3.05) is 6.61 Å². The van der Waals surface area contributed by atoms with E-state index < -0.39 is 0 Å². The molecule has 0 aromatic heterocycles. The number of hydrogen-bond donors (Lipinski definition) is 1. The minimum atomic E-state index is 0.219. The summed E-state index contributed by atoms with van der Waals surface area (Å²) < 4.78 is 0.253. The largest absolute Gasteiger partial charge is 0.396 e. The van der Waals surface area contributed by atoms with Crippen LogP contribution in [0.25, 0.3) is 0 Å². The van der Waals surface area contributed by atoms with E-state index in [2.05, 4.69) is 45.9 Å². The highest BCUT2D eigenvalue weighted by Crippen LogP contribution is 2.43. The number of rotatable bonds is 4. The van der Waals surface area contributed by atoms with Gasteiger partial charge in [-0.15, -0.1) is 0 Å². The predicted molar refractivity (Wildman–Crippen MR) is 75.2 cm³/mol. The van der Waals surface area contributed by atoms with E-state index in [1.165, 1.54) is 16.0 Å².